The number of aryl methyl sites for hydroxylation is 1. The van der Waals surface area contributed by atoms with Crippen molar-refractivity contribution in [2.45, 2.75) is 24.3 Å². The Bertz CT molecular complexity index is 1280. The van der Waals surface area contributed by atoms with Gasteiger partial charge in [0, 0.05) is 17.1 Å². The van der Waals surface area contributed by atoms with Crippen LogP contribution in [0.3, 0.4) is 0 Å². The van der Waals surface area contributed by atoms with E-state index in [0.29, 0.717) is 22.1 Å². The van der Waals surface area contributed by atoms with E-state index >= 15 is 0 Å². The average Bonchev–Trinajstić information content (AvgIpc) is 2.77. The van der Waals surface area contributed by atoms with Crippen LogP contribution in [-0.4, -0.2) is 30.3 Å². The third-order valence-electron chi connectivity index (χ3n) is 5.40. The summed E-state index contributed by atoms with van der Waals surface area (Å²) >= 11 is 5.85. The van der Waals surface area contributed by atoms with E-state index in [-0.39, 0.29) is 23.4 Å². The van der Waals surface area contributed by atoms with E-state index in [2.05, 4.69) is 0 Å². The van der Waals surface area contributed by atoms with Crippen molar-refractivity contribution < 1.29 is 27.4 Å². The maximum absolute atomic E-state index is 14.6. The standard InChI is InChI=1S/C23H19ClFNO5S/c1-14-2-11-20(25)21-19(14)12-13-26(22(21)23(27)28)32(29,30)18-9-7-17(8-10-18)31-16-5-3-15(24)4-6-16/h2-11,22H,12-13H2,1H3,(H,27,28). The predicted octanol–water partition coefficient (Wildman–Crippen LogP) is 4.95. The molecule has 1 heterocycles. The van der Waals surface area contributed by atoms with Crippen molar-refractivity contribution in [3.05, 3.63) is 88.2 Å². The average molecular weight is 476 g/mol. The van der Waals surface area contributed by atoms with Crippen LogP contribution in [0.25, 0.3) is 0 Å². The van der Waals surface area contributed by atoms with Crippen molar-refractivity contribution in [3.63, 3.8) is 0 Å². The van der Waals surface area contributed by atoms with Crippen LogP contribution in [0.2, 0.25) is 5.02 Å². The zero-order chi connectivity index (χ0) is 23.0. The highest BCUT2D eigenvalue weighted by Gasteiger charge is 2.42. The highest BCUT2D eigenvalue weighted by atomic mass is 35.5. The zero-order valence-electron chi connectivity index (χ0n) is 17.0. The molecule has 0 amide bonds. The van der Waals surface area contributed by atoms with Gasteiger partial charge in [0.05, 0.1) is 4.90 Å². The molecule has 1 N–H and O–H groups in total. The van der Waals surface area contributed by atoms with Gasteiger partial charge in [-0.2, -0.15) is 4.31 Å². The van der Waals surface area contributed by atoms with E-state index in [1.807, 2.05) is 0 Å². The van der Waals surface area contributed by atoms with E-state index in [4.69, 9.17) is 16.3 Å². The number of rotatable bonds is 5. The van der Waals surface area contributed by atoms with Crippen LogP contribution in [0.5, 0.6) is 11.5 Å². The van der Waals surface area contributed by atoms with Gasteiger partial charge in [0.1, 0.15) is 17.3 Å². The maximum Gasteiger partial charge on any atom is 0.326 e. The highest BCUT2D eigenvalue weighted by molar-refractivity contribution is 7.89. The fraction of sp³-hybridized carbons (Fsp3) is 0.174. The molecule has 0 radical (unpaired) electrons. The third kappa shape index (κ3) is 4.09. The van der Waals surface area contributed by atoms with Crippen LogP contribution in [-0.2, 0) is 21.2 Å². The van der Waals surface area contributed by atoms with Crippen molar-refractivity contribution >= 4 is 27.6 Å². The Morgan fingerprint density at radius 1 is 1.06 bits per heavy atom. The molecular weight excluding hydrogens is 457 g/mol. The Balaban J connectivity index is 1.66. The number of carboxylic acids is 1. The quantitative estimate of drug-likeness (QED) is 0.564. The van der Waals surface area contributed by atoms with E-state index in [0.717, 1.165) is 9.87 Å². The summed E-state index contributed by atoms with van der Waals surface area (Å²) in [5, 5.41) is 10.4. The van der Waals surface area contributed by atoms with Crippen LogP contribution in [0, 0.1) is 12.7 Å². The van der Waals surface area contributed by atoms with Crippen LogP contribution in [0.1, 0.15) is 22.7 Å². The van der Waals surface area contributed by atoms with Crippen molar-refractivity contribution in [1.82, 2.24) is 4.31 Å². The van der Waals surface area contributed by atoms with Crippen LogP contribution >= 0.6 is 11.6 Å². The van der Waals surface area contributed by atoms with Gasteiger partial charge in [0.15, 0.2) is 6.04 Å². The number of aliphatic carboxylic acids is 1. The fourth-order valence-electron chi connectivity index (χ4n) is 3.83. The second-order valence-corrected chi connectivity index (χ2v) is 9.72. The van der Waals surface area contributed by atoms with Crippen molar-refractivity contribution in [1.29, 1.82) is 0 Å². The van der Waals surface area contributed by atoms with Gasteiger partial charge in [-0.25, -0.2) is 12.8 Å². The summed E-state index contributed by atoms with van der Waals surface area (Å²) in [6, 6.07) is 13.4. The van der Waals surface area contributed by atoms with Crippen molar-refractivity contribution in [3.8, 4) is 11.5 Å². The first kappa shape index (κ1) is 22.3. The monoisotopic (exact) mass is 475 g/mol. The SMILES string of the molecule is Cc1ccc(F)c2c1CCN(S(=O)(=O)c1ccc(Oc3ccc(Cl)cc3)cc1)C2C(=O)O. The minimum atomic E-state index is -4.21. The Morgan fingerprint density at radius 2 is 1.66 bits per heavy atom. The minimum absolute atomic E-state index is 0.0698. The molecule has 1 unspecified atom stereocenters. The van der Waals surface area contributed by atoms with E-state index in [9.17, 15) is 22.7 Å². The first-order valence-corrected chi connectivity index (χ1v) is 11.6. The van der Waals surface area contributed by atoms with Crippen molar-refractivity contribution in [2.75, 3.05) is 6.54 Å². The molecule has 32 heavy (non-hydrogen) atoms. The summed E-state index contributed by atoms with van der Waals surface area (Å²) in [6.07, 6.45) is 0.222. The predicted molar refractivity (Wildman–Crippen MR) is 117 cm³/mol. The molecule has 1 aliphatic heterocycles. The number of benzene rings is 3. The second-order valence-electron chi connectivity index (χ2n) is 7.39. The Labute approximate surface area is 189 Å². The molecule has 166 valence electrons. The number of nitrogens with zero attached hydrogens (tertiary/aromatic N) is 1. The molecule has 3 aromatic rings. The fourth-order valence-corrected chi connectivity index (χ4v) is 5.51. The molecule has 0 spiro atoms. The zero-order valence-corrected chi connectivity index (χ0v) is 18.5. The first-order chi connectivity index (χ1) is 15.2. The molecular formula is C23H19ClFNO5S. The summed E-state index contributed by atoms with van der Waals surface area (Å²) in [4.78, 5) is 11.9. The first-order valence-electron chi connectivity index (χ1n) is 9.74. The minimum Gasteiger partial charge on any atom is -0.480 e. The van der Waals surface area contributed by atoms with E-state index in [1.54, 1.807) is 37.3 Å². The summed E-state index contributed by atoms with van der Waals surface area (Å²) in [7, 11) is -4.21. The molecule has 0 fully saturated rings. The summed E-state index contributed by atoms with van der Waals surface area (Å²) < 4.78 is 47.7. The molecule has 1 aliphatic rings. The topological polar surface area (TPSA) is 83.9 Å². The molecule has 4 rings (SSSR count). The summed E-state index contributed by atoms with van der Waals surface area (Å²) in [5.74, 6) is -1.24. The van der Waals surface area contributed by atoms with Gasteiger partial charge in [-0.15, -0.1) is 0 Å². The summed E-state index contributed by atoms with van der Waals surface area (Å²) in [5.41, 5.74) is 1.17. The van der Waals surface area contributed by atoms with Gasteiger partial charge in [-0.3, -0.25) is 4.79 Å². The van der Waals surface area contributed by atoms with Crippen LogP contribution in [0.4, 0.5) is 4.39 Å². The molecule has 0 saturated heterocycles. The van der Waals surface area contributed by atoms with Crippen LogP contribution < -0.4 is 4.74 Å². The Hall–Kier alpha value is -2.94. The lowest BCUT2D eigenvalue weighted by Crippen LogP contribution is -2.44. The van der Waals surface area contributed by atoms with Gasteiger partial charge >= 0.3 is 5.97 Å². The lowest BCUT2D eigenvalue weighted by atomic mass is 9.90. The number of sulfonamides is 1. The largest absolute Gasteiger partial charge is 0.480 e. The summed E-state index contributed by atoms with van der Waals surface area (Å²) in [6.45, 7) is 1.68. The molecule has 0 bridgehead atoms. The van der Waals surface area contributed by atoms with Crippen molar-refractivity contribution in [2.24, 2.45) is 0 Å². The Morgan fingerprint density at radius 3 is 2.25 bits per heavy atom. The van der Waals surface area contributed by atoms with E-state index in [1.165, 1.54) is 30.3 Å². The second kappa shape index (κ2) is 8.54. The van der Waals surface area contributed by atoms with Gasteiger partial charge in [-0.05, 0) is 79.1 Å². The van der Waals surface area contributed by atoms with Gasteiger partial charge in [0.2, 0.25) is 10.0 Å². The Kier molecular flexibility index (Phi) is 5.94. The smallest absolute Gasteiger partial charge is 0.326 e. The molecule has 0 saturated carbocycles. The highest BCUT2D eigenvalue weighted by Crippen LogP contribution is 2.37. The number of hydrogen-bond acceptors (Lipinski definition) is 4. The van der Waals surface area contributed by atoms with Gasteiger partial charge in [-0.1, -0.05) is 17.7 Å². The lowest BCUT2D eigenvalue weighted by Gasteiger charge is -2.34. The molecule has 0 aromatic heterocycles. The number of halogens is 2. The molecule has 6 nitrogen and oxygen atoms in total. The molecule has 3 aromatic carbocycles. The van der Waals surface area contributed by atoms with Crippen LogP contribution in [0.15, 0.2) is 65.6 Å². The number of carbonyl (C=O) groups is 1. The maximum atomic E-state index is 14.6. The number of carboxylic acid groups (broad SMARTS) is 1. The lowest BCUT2D eigenvalue weighted by molar-refractivity contribution is -0.142. The number of ether oxygens (including phenoxy) is 1. The molecule has 1 atom stereocenters. The normalized spacial score (nSPS) is 16.4. The molecule has 9 heteroatoms. The number of fused-ring (bicyclic) bond motifs is 1. The van der Waals surface area contributed by atoms with Gasteiger partial charge in [0.25, 0.3) is 0 Å². The van der Waals surface area contributed by atoms with Gasteiger partial charge < -0.3 is 9.84 Å². The van der Waals surface area contributed by atoms with E-state index < -0.39 is 27.9 Å². The molecule has 0 aliphatic carbocycles. The number of hydrogen-bond donors (Lipinski definition) is 1. The third-order valence-corrected chi connectivity index (χ3v) is 7.53.